The first kappa shape index (κ1) is 9.84. The Kier molecular flexibility index (Phi) is 3.12. The van der Waals surface area contributed by atoms with Gasteiger partial charge in [-0.1, -0.05) is 12.2 Å². The molecule has 0 unspecified atom stereocenters. The van der Waals surface area contributed by atoms with Crippen molar-refractivity contribution < 1.29 is 0 Å². The van der Waals surface area contributed by atoms with Crippen molar-refractivity contribution in [1.29, 1.82) is 0 Å². The Labute approximate surface area is 80.4 Å². The molecular weight excluding hydrogens is 159 g/mol. The highest BCUT2D eigenvalue weighted by atomic mass is 15.0. The van der Waals surface area contributed by atoms with E-state index in [1.807, 2.05) is 45.1 Å². The molecule has 1 aromatic heterocycles. The molecule has 0 bridgehead atoms. The minimum absolute atomic E-state index is 0.821. The molecule has 66 valence electrons. The second-order valence-corrected chi connectivity index (χ2v) is 2.80. The highest BCUT2D eigenvalue weighted by Gasteiger charge is 2.05. The second kappa shape index (κ2) is 4.12. The van der Waals surface area contributed by atoms with Gasteiger partial charge < -0.3 is 4.48 Å². The summed E-state index contributed by atoms with van der Waals surface area (Å²) >= 11 is 0. The van der Waals surface area contributed by atoms with Crippen LogP contribution in [0.25, 0.3) is 12.2 Å². The third kappa shape index (κ3) is 1.91. The van der Waals surface area contributed by atoms with Crippen LogP contribution in [0.15, 0.2) is 12.2 Å². The van der Waals surface area contributed by atoms with Crippen LogP contribution >= 0.6 is 0 Å². The van der Waals surface area contributed by atoms with Crippen LogP contribution in [0.5, 0.6) is 0 Å². The molecule has 0 aliphatic rings. The zero-order valence-corrected chi connectivity index (χ0v) is 8.28. The van der Waals surface area contributed by atoms with Crippen LogP contribution in [0.1, 0.15) is 31.1 Å². The van der Waals surface area contributed by atoms with Crippen LogP contribution in [-0.4, -0.2) is 17.4 Å². The molecule has 0 aliphatic carbocycles. The Morgan fingerprint density at radius 1 is 1.23 bits per heavy atom. The fraction of sp³-hybridized carbons (Fsp3) is 0.300. The van der Waals surface area contributed by atoms with Crippen LogP contribution in [0, 0.1) is 6.92 Å². The number of aryl methyl sites for hydroxylation is 1. The number of aromatic nitrogens is 2. The minimum Gasteiger partial charge on any atom is -0.385 e. The van der Waals surface area contributed by atoms with Crippen LogP contribution in [0.4, 0.5) is 0 Å². The van der Waals surface area contributed by atoms with Crippen molar-refractivity contribution in [2.45, 2.75) is 20.8 Å². The van der Waals surface area contributed by atoms with Gasteiger partial charge in [0.2, 0.25) is 7.98 Å². The topological polar surface area (TPSA) is 17.8 Å². The van der Waals surface area contributed by atoms with E-state index in [1.165, 1.54) is 0 Å². The molecule has 0 aliphatic heterocycles. The maximum Gasteiger partial charge on any atom is 0.236 e. The lowest BCUT2D eigenvalue weighted by atomic mass is 10.2. The lowest BCUT2D eigenvalue weighted by Crippen LogP contribution is -1.96. The first-order valence-electron chi connectivity index (χ1n) is 4.30. The summed E-state index contributed by atoms with van der Waals surface area (Å²) in [6.45, 7) is 5.81. The molecule has 2 nitrogen and oxygen atoms in total. The summed E-state index contributed by atoms with van der Waals surface area (Å²) in [5.74, 6) is 0.821. The quantitative estimate of drug-likeness (QED) is 0.625. The molecule has 0 atom stereocenters. The highest BCUT2D eigenvalue weighted by molar-refractivity contribution is 6.08. The maximum absolute atomic E-state index is 5.79. The normalized spacial score (nSPS) is 11.9. The van der Waals surface area contributed by atoms with E-state index in [4.69, 9.17) is 7.98 Å². The summed E-state index contributed by atoms with van der Waals surface area (Å²) in [4.78, 5) is 4.32. The van der Waals surface area contributed by atoms with Gasteiger partial charge in [0.25, 0.3) is 0 Å². The maximum atomic E-state index is 5.79. The molecule has 1 heterocycles. The van der Waals surface area contributed by atoms with Gasteiger partial charge in [-0.3, -0.25) is 0 Å². The van der Waals surface area contributed by atoms with Gasteiger partial charge in [0.15, 0.2) is 0 Å². The zero-order valence-electron chi connectivity index (χ0n) is 8.28. The Hall–Kier alpha value is -1.25. The van der Waals surface area contributed by atoms with Gasteiger partial charge in [-0.25, -0.2) is 4.98 Å². The van der Waals surface area contributed by atoms with Crippen molar-refractivity contribution in [3.8, 4) is 0 Å². The summed E-state index contributed by atoms with van der Waals surface area (Å²) in [6.07, 6.45) is 7.81. The van der Waals surface area contributed by atoms with E-state index in [0.29, 0.717) is 0 Å². The van der Waals surface area contributed by atoms with Crippen LogP contribution in [0.2, 0.25) is 0 Å². The molecule has 0 amide bonds. The molecule has 0 fully saturated rings. The number of hydrogen-bond acceptors (Lipinski definition) is 1. The molecule has 0 saturated heterocycles. The molecular formula is C10H13BN2. The van der Waals surface area contributed by atoms with Gasteiger partial charge in [-0.05, 0) is 32.9 Å². The summed E-state index contributed by atoms with van der Waals surface area (Å²) < 4.78 is 1.59. The molecule has 3 heteroatoms. The molecule has 0 spiro atoms. The number of allylic oxidation sites excluding steroid dienone is 2. The van der Waals surface area contributed by atoms with Gasteiger partial charge in [0, 0.05) is 0 Å². The summed E-state index contributed by atoms with van der Waals surface area (Å²) in [7, 11) is 5.79. The average Bonchev–Trinajstić information content (AvgIpc) is 2.34. The molecule has 13 heavy (non-hydrogen) atoms. The first-order valence-corrected chi connectivity index (χ1v) is 4.30. The van der Waals surface area contributed by atoms with E-state index in [9.17, 15) is 0 Å². The van der Waals surface area contributed by atoms with E-state index >= 15 is 0 Å². The Balaban J connectivity index is 3.26. The Morgan fingerprint density at radius 3 is 2.38 bits per heavy atom. The second-order valence-electron chi connectivity index (χ2n) is 2.80. The predicted molar refractivity (Wildman–Crippen MR) is 57.5 cm³/mol. The zero-order chi connectivity index (χ0) is 9.84. The van der Waals surface area contributed by atoms with Gasteiger partial charge in [-0.2, -0.15) is 0 Å². The summed E-state index contributed by atoms with van der Waals surface area (Å²) in [5.41, 5.74) is 1.86. The van der Waals surface area contributed by atoms with E-state index < -0.39 is 0 Å². The number of hydrogen-bond donors (Lipinski definition) is 0. The predicted octanol–water partition coefficient (Wildman–Crippen LogP) is 2.19. The van der Waals surface area contributed by atoms with Crippen molar-refractivity contribution in [1.82, 2.24) is 9.46 Å². The lowest BCUT2D eigenvalue weighted by molar-refractivity contribution is 1.07. The monoisotopic (exact) mass is 172 g/mol. The Bertz CT molecular complexity index is 348. The largest absolute Gasteiger partial charge is 0.385 e. The van der Waals surface area contributed by atoms with E-state index in [1.54, 1.807) is 4.48 Å². The van der Waals surface area contributed by atoms with Crippen molar-refractivity contribution in [3.63, 3.8) is 0 Å². The fourth-order valence-electron chi connectivity index (χ4n) is 1.19. The van der Waals surface area contributed by atoms with E-state index in [0.717, 1.165) is 17.2 Å². The first-order chi connectivity index (χ1) is 6.20. The van der Waals surface area contributed by atoms with Gasteiger partial charge >= 0.3 is 0 Å². The van der Waals surface area contributed by atoms with Crippen LogP contribution in [-0.2, 0) is 0 Å². The number of imidazole rings is 1. The average molecular weight is 172 g/mol. The highest BCUT2D eigenvalue weighted by Crippen LogP contribution is 2.12. The van der Waals surface area contributed by atoms with E-state index in [2.05, 4.69) is 4.98 Å². The number of rotatable bonds is 2. The summed E-state index contributed by atoms with van der Waals surface area (Å²) in [5, 5.41) is 0. The molecule has 0 N–H and O–H groups in total. The van der Waals surface area contributed by atoms with Crippen molar-refractivity contribution >= 4 is 20.1 Å². The van der Waals surface area contributed by atoms with E-state index in [-0.39, 0.29) is 0 Å². The number of nitrogens with zero attached hydrogens (tertiary/aromatic N) is 2. The third-order valence-corrected chi connectivity index (χ3v) is 1.80. The van der Waals surface area contributed by atoms with Gasteiger partial charge in [0.05, 0.1) is 17.2 Å². The molecule has 1 rings (SSSR count). The van der Waals surface area contributed by atoms with Crippen molar-refractivity contribution in [2.75, 3.05) is 0 Å². The van der Waals surface area contributed by atoms with Crippen LogP contribution in [0.3, 0.4) is 0 Å². The minimum atomic E-state index is 0.821. The fourth-order valence-corrected chi connectivity index (χ4v) is 1.19. The molecule has 1 aromatic rings. The molecule has 0 aromatic carbocycles. The SMILES string of the molecule is [B]n1c(C)nc(/C=C\C)c1/C=C\C. The van der Waals surface area contributed by atoms with Gasteiger partial charge in [-0.15, -0.1) is 0 Å². The molecule has 2 radical (unpaired) electrons. The third-order valence-electron chi connectivity index (χ3n) is 1.80. The van der Waals surface area contributed by atoms with Crippen molar-refractivity contribution in [3.05, 3.63) is 29.4 Å². The van der Waals surface area contributed by atoms with Crippen LogP contribution < -0.4 is 0 Å². The smallest absolute Gasteiger partial charge is 0.236 e. The molecule has 0 saturated carbocycles. The summed E-state index contributed by atoms with van der Waals surface area (Å²) in [6, 6.07) is 0. The Morgan fingerprint density at radius 2 is 1.85 bits per heavy atom. The standard InChI is InChI=1S/C10H13BN2/c1-4-6-9-10(7-5-2)13(11)8(3)12-9/h4-7H,1-3H3/b6-4-,7-5-. The van der Waals surface area contributed by atoms with Gasteiger partial charge in [0.1, 0.15) is 0 Å². The lowest BCUT2D eigenvalue weighted by Gasteiger charge is -1.98. The van der Waals surface area contributed by atoms with Crippen molar-refractivity contribution in [2.24, 2.45) is 0 Å².